The van der Waals surface area contributed by atoms with Gasteiger partial charge in [-0.25, -0.2) is 0 Å². The van der Waals surface area contributed by atoms with Gasteiger partial charge < -0.3 is 10.2 Å². The van der Waals surface area contributed by atoms with Crippen molar-refractivity contribution in [2.75, 3.05) is 6.54 Å². The van der Waals surface area contributed by atoms with E-state index in [-0.39, 0.29) is 17.9 Å². The molecule has 3 heterocycles. The first-order chi connectivity index (χ1) is 9.59. The Morgan fingerprint density at radius 2 is 2.15 bits per heavy atom. The molecule has 5 heteroatoms. The molecular weight excluding hydrogens is 272 g/mol. The number of fused-ring (bicyclic) bond motifs is 1. The number of carbonyl (C=O) groups is 2. The van der Waals surface area contributed by atoms with Gasteiger partial charge in [0.1, 0.15) is 6.04 Å². The van der Waals surface area contributed by atoms with Crippen molar-refractivity contribution < 1.29 is 9.59 Å². The quantitative estimate of drug-likeness (QED) is 0.910. The fraction of sp³-hybridized carbons (Fsp3) is 0.600. The summed E-state index contributed by atoms with van der Waals surface area (Å²) in [5, 5.41) is 4.88. The molecule has 108 valence electrons. The van der Waals surface area contributed by atoms with Crippen LogP contribution in [0.5, 0.6) is 0 Å². The Hall–Kier alpha value is -1.36. The summed E-state index contributed by atoms with van der Waals surface area (Å²) in [7, 11) is 0. The largest absolute Gasteiger partial charge is 0.354 e. The summed E-state index contributed by atoms with van der Waals surface area (Å²) < 4.78 is 0. The van der Waals surface area contributed by atoms with Crippen molar-refractivity contribution in [3.8, 4) is 0 Å². The maximum atomic E-state index is 12.5. The predicted molar refractivity (Wildman–Crippen MR) is 78.9 cm³/mol. The minimum Gasteiger partial charge on any atom is -0.354 e. The second kappa shape index (κ2) is 5.20. The van der Waals surface area contributed by atoms with Gasteiger partial charge in [-0.1, -0.05) is 13.8 Å². The summed E-state index contributed by atoms with van der Waals surface area (Å²) in [6.07, 6.45) is 2.78. The van der Waals surface area contributed by atoms with Crippen molar-refractivity contribution in [2.24, 2.45) is 0 Å². The molecule has 20 heavy (non-hydrogen) atoms. The van der Waals surface area contributed by atoms with Crippen LogP contribution in [0.1, 0.15) is 59.8 Å². The second-order valence-electron chi connectivity index (χ2n) is 5.88. The minimum absolute atomic E-state index is 0.00998. The number of rotatable bonds is 2. The summed E-state index contributed by atoms with van der Waals surface area (Å²) in [6.45, 7) is 5.63. The molecule has 1 aromatic rings. The van der Waals surface area contributed by atoms with Crippen LogP contribution in [0.25, 0.3) is 0 Å². The van der Waals surface area contributed by atoms with Crippen molar-refractivity contribution in [1.29, 1.82) is 0 Å². The average Bonchev–Trinajstić information content (AvgIpc) is 2.87. The van der Waals surface area contributed by atoms with Crippen LogP contribution in [0.3, 0.4) is 0 Å². The highest BCUT2D eigenvalue weighted by molar-refractivity contribution is 7.10. The van der Waals surface area contributed by atoms with Crippen LogP contribution < -0.4 is 5.32 Å². The smallest absolute Gasteiger partial charge is 0.256 e. The fourth-order valence-corrected chi connectivity index (χ4v) is 4.17. The number of hydrogen-bond donors (Lipinski definition) is 1. The van der Waals surface area contributed by atoms with Crippen LogP contribution in [0.2, 0.25) is 0 Å². The lowest BCUT2D eigenvalue weighted by molar-refractivity contribution is -0.125. The summed E-state index contributed by atoms with van der Waals surface area (Å²) in [6, 6.07) is -0.289. The number of hydrogen-bond acceptors (Lipinski definition) is 3. The maximum Gasteiger partial charge on any atom is 0.256 e. The number of thiophene rings is 1. The summed E-state index contributed by atoms with van der Waals surface area (Å²) in [4.78, 5) is 27.7. The molecule has 1 aromatic heterocycles. The summed E-state index contributed by atoms with van der Waals surface area (Å²) in [5.74, 6) is 0.473. The molecular formula is C15H20N2O2S. The van der Waals surface area contributed by atoms with Crippen LogP contribution in [-0.4, -0.2) is 29.3 Å². The summed E-state index contributed by atoms with van der Waals surface area (Å²) >= 11 is 1.67. The van der Waals surface area contributed by atoms with Crippen LogP contribution in [-0.2, 0) is 11.3 Å². The van der Waals surface area contributed by atoms with E-state index in [4.69, 9.17) is 0 Å². The first kappa shape index (κ1) is 13.6. The van der Waals surface area contributed by atoms with Crippen molar-refractivity contribution in [1.82, 2.24) is 10.2 Å². The van der Waals surface area contributed by atoms with Gasteiger partial charge in [-0.15, -0.1) is 11.3 Å². The van der Waals surface area contributed by atoms with Crippen LogP contribution in [0.15, 0.2) is 5.38 Å². The molecule has 2 aliphatic rings. The Kier molecular flexibility index (Phi) is 3.54. The third-order valence-electron chi connectivity index (χ3n) is 4.15. The molecule has 1 atom stereocenters. The standard InChI is InChI=1S/C15H20N2O2S/c1-9(2)13-10-7-17(15(19)11(10)8-20-13)12-5-3-4-6-16-14(12)18/h8-9,12H,3-7H2,1-2H3,(H,16,18). The van der Waals surface area contributed by atoms with Crippen molar-refractivity contribution >= 4 is 23.2 Å². The van der Waals surface area contributed by atoms with E-state index in [2.05, 4.69) is 19.2 Å². The fourth-order valence-electron chi connectivity index (χ4n) is 3.09. The molecule has 1 saturated heterocycles. The van der Waals surface area contributed by atoms with Gasteiger partial charge >= 0.3 is 0 Å². The predicted octanol–water partition coefficient (Wildman–Crippen LogP) is 2.50. The molecule has 3 rings (SSSR count). The Morgan fingerprint density at radius 3 is 2.90 bits per heavy atom. The van der Waals surface area contributed by atoms with Gasteiger partial charge in [0.15, 0.2) is 0 Å². The Morgan fingerprint density at radius 1 is 1.35 bits per heavy atom. The molecule has 0 aromatic carbocycles. The van der Waals surface area contributed by atoms with Gasteiger partial charge in [-0.3, -0.25) is 9.59 Å². The first-order valence-electron chi connectivity index (χ1n) is 7.28. The van der Waals surface area contributed by atoms with Crippen LogP contribution in [0, 0.1) is 0 Å². The Bertz CT molecular complexity index is 550. The van der Waals surface area contributed by atoms with Gasteiger partial charge in [-0.2, -0.15) is 0 Å². The molecule has 0 spiro atoms. The van der Waals surface area contributed by atoms with E-state index in [0.29, 0.717) is 12.5 Å². The van der Waals surface area contributed by atoms with E-state index >= 15 is 0 Å². The van der Waals surface area contributed by atoms with E-state index in [1.165, 1.54) is 4.88 Å². The monoisotopic (exact) mass is 292 g/mol. The zero-order valence-electron chi connectivity index (χ0n) is 11.9. The van der Waals surface area contributed by atoms with E-state index in [1.54, 1.807) is 16.2 Å². The number of carbonyl (C=O) groups excluding carboxylic acids is 2. The highest BCUT2D eigenvalue weighted by Crippen LogP contribution is 2.37. The van der Waals surface area contributed by atoms with Gasteiger partial charge in [0.25, 0.3) is 5.91 Å². The lowest BCUT2D eigenvalue weighted by Gasteiger charge is -2.25. The molecule has 0 aliphatic carbocycles. The molecule has 0 bridgehead atoms. The van der Waals surface area contributed by atoms with Gasteiger partial charge in [0, 0.05) is 23.3 Å². The summed E-state index contributed by atoms with van der Waals surface area (Å²) in [5.41, 5.74) is 1.96. The van der Waals surface area contributed by atoms with Crippen LogP contribution >= 0.6 is 11.3 Å². The highest BCUT2D eigenvalue weighted by Gasteiger charge is 2.38. The molecule has 1 unspecified atom stereocenters. The first-order valence-corrected chi connectivity index (χ1v) is 8.16. The average molecular weight is 292 g/mol. The van der Waals surface area contributed by atoms with Gasteiger partial charge in [0.2, 0.25) is 5.91 Å². The number of nitrogens with one attached hydrogen (secondary N) is 1. The number of nitrogens with zero attached hydrogens (tertiary/aromatic N) is 1. The lowest BCUT2D eigenvalue weighted by Crippen LogP contribution is -2.45. The molecule has 0 saturated carbocycles. The number of amides is 2. The zero-order chi connectivity index (χ0) is 14.3. The van der Waals surface area contributed by atoms with Crippen molar-refractivity contribution in [2.45, 2.75) is 51.6 Å². The van der Waals surface area contributed by atoms with Gasteiger partial charge in [0.05, 0.1) is 5.56 Å². The highest BCUT2D eigenvalue weighted by atomic mass is 32.1. The zero-order valence-corrected chi connectivity index (χ0v) is 12.8. The third kappa shape index (κ3) is 2.14. The topological polar surface area (TPSA) is 49.4 Å². The van der Waals surface area contributed by atoms with E-state index in [1.807, 2.05) is 5.38 Å². The SMILES string of the molecule is CC(C)c1scc2c1CN(C1CCCCNC1=O)C2=O. The Balaban J connectivity index is 1.87. The third-order valence-corrected chi connectivity index (χ3v) is 5.48. The van der Waals surface area contributed by atoms with Crippen molar-refractivity contribution in [3.63, 3.8) is 0 Å². The van der Waals surface area contributed by atoms with Crippen molar-refractivity contribution in [3.05, 3.63) is 21.4 Å². The normalized spacial score (nSPS) is 22.9. The lowest BCUT2D eigenvalue weighted by atomic mass is 10.1. The van der Waals surface area contributed by atoms with Gasteiger partial charge in [-0.05, 0) is 30.7 Å². The molecule has 1 fully saturated rings. The molecule has 0 radical (unpaired) electrons. The molecule has 1 N–H and O–H groups in total. The molecule has 2 amide bonds. The molecule has 2 aliphatic heterocycles. The van der Waals surface area contributed by atoms with E-state index < -0.39 is 0 Å². The Labute approximate surface area is 123 Å². The van der Waals surface area contributed by atoms with E-state index in [0.717, 1.165) is 36.9 Å². The maximum absolute atomic E-state index is 12.5. The minimum atomic E-state index is -0.289. The second-order valence-corrected chi connectivity index (χ2v) is 6.79. The molecule has 4 nitrogen and oxygen atoms in total. The van der Waals surface area contributed by atoms with E-state index in [9.17, 15) is 9.59 Å². The van der Waals surface area contributed by atoms with Crippen LogP contribution in [0.4, 0.5) is 0 Å².